The third kappa shape index (κ3) is 15.3. The molecule has 0 spiro atoms. The lowest BCUT2D eigenvalue weighted by Gasteiger charge is -2.13. The lowest BCUT2D eigenvalue weighted by atomic mass is 10.2. The van der Waals surface area contributed by atoms with E-state index in [1.165, 1.54) is 48.5 Å². The number of urea groups is 2. The second-order valence-electron chi connectivity index (χ2n) is 13.2. The van der Waals surface area contributed by atoms with Crippen LogP contribution in [-0.2, 0) is 28.8 Å². The lowest BCUT2D eigenvalue weighted by molar-refractivity contribution is 0.0767. The average molecular weight is 833 g/mol. The van der Waals surface area contributed by atoms with Crippen LogP contribution in [0.1, 0.15) is 50.7 Å². The number of hydrogen-bond acceptors (Lipinski definition) is 10. The van der Waals surface area contributed by atoms with E-state index in [2.05, 4.69) is 45.7 Å². The molecule has 0 unspecified atom stereocenters. The van der Waals surface area contributed by atoms with Gasteiger partial charge in [-0.3, -0.25) is 10.6 Å². The minimum absolute atomic E-state index is 0.0101. The maximum Gasteiger partial charge on any atom is 0.411 e. The van der Waals surface area contributed by atoms with E-state index in [1.54, 1.807) is 50.2 Å². The van der Waals surface area contributed by atoms with Gasteiger partial charge in [-0.05, 0) is 111 Å². The van der Waals surface area contributed by atoms with Crippen LogP contribution in [0.5, 0.6) is 0 Å². The Morgan fingerprint density at radius 2 is 0.847 bits per heavy atom. The molecule has 0 heterocycles. The molecule has 6 amide bonds. The molecule has 4 rings (SSSR count). The van der Waals surface area contributed by atoms with Crippen molar-refractivity contribution in [2.75, 3.05) is 71.5 Å². The Hall–Kier alpha value is -6.17. The number of amides is 6. The van der Waals surface area contributed by atoms with Crippen LogP contribution in [0, 0.1) is 13.8 Å². The Labute approximate surface area is 344 Å². The number of unbranched alkanes of at least 4 members (excludes halogenated alkanes) is 2. The molecular formula is C42H52N6O10S. The summed E-state index contributed by atoms with van der Waals surface area (Å²) in [6.07, 6.45) is 2.59. The van der Waals surface area contributed by atoms with E-state index in [4.69, 9.17) is 18.9 Å². The summed E-state index contributed by atoms with van der Waals surface area (Å²) in [6.45, 7) is 9.71. The molecule has 17 heteroatoms. The Bertz CT molecular complexity index is 1990. The van der Waals surface area contributed by atoms with Crippen molar-refractivity contribution in [2.45, 2.75) is 63.2 Å². The van der Waals surface area contributed by atoms with Gasteiger partial charge in [0.1, 0.15) is 13.2 Å². The molecule has 0 saturated heterocycles. The number of nitrogens with one attached hydrogen (secondary N) is 6. The fourth-order valence-electron chi connectivity index (χ4n) is 5.20. The Kier molecular flexibility index (Phi) is 18.0. The van der Waals surface area contributed by atoms with E-state index in [0.717, 1.165) is 36.8 Å². The third-order valence-electron chi connectivity index (χ3n) is 8.52. The van der Waals surface area contributed by atoms with Crippen molar-refractivity contribution in [1.82, 2.24) is 0 Å². The molecule has 0 aromatic heterocycles. The number of anilines is 6. The second kappa shape index (κ2) is 23.3. The molecule has 0 fully saturated rings. The first-order valence-corrected chi connectivity index (χ1v) is 20.7. The standard InChI is InChI=1S/C42H52N6O10S/c1-5-7-21-55-23-25-57-41(51)45-33-11-9-29(3)37(27-33)47-39(49)43-31-13-17-35(18-14-31)59(53,54)36-19-15-32(16-20-36)44-40(50)48-38-28-34(12-10-30(38)4)46-42(52)58-26-24-56-22-8-6-2/h9-20,27-28H,5-8,21-26H2,1-4H3,(H,45,51)(H,46,52)(H2,43,47,49)(H2,44,48,50). The summed E-state index contributed by atoms with van der Waals surface area (Å²) < 4.78 is 47.9. The van der Waals surface area contributed by atoms with Crippen molar-refractivity contribution < 1.29 is 46.5 Å². The van der Waals surface area contributed by atoms with Crippen LogP contribution >= 0.6 is 0 Å². The van der Waals surface area contributed by atoms with Crippen molar-refractivity contribution in [3.05, 3.63) is 96.1 Å². The fraction of sp³-hybridized carbons (Fsp3) is 0.333. The SMILES string of the molecule is CCCCOCCOC(=O)Nc1ccc(C)c(NC(=O)Nc2ccc(S(=O)(=O)c3ccc(NC(=O)Nc4cc(NC(=O)OCCOCCCC)ccc4C)cc3)cc2)c1. The summed E-state index contributed by atoms with van der Waals surface area (Å²) in [5.41, 5.74) is 3.85. The smallest absolute Gasteiger partial charge is 0.411 e. The molecule has 4 aromatic rings. The molecule has 0 aliphatic rings. The molecule has 59 heavy (non-hydrogen) atoms. The first-order valence-electron chi connectivity index (χ1n) is 19.2. The van der Waals surface area contributed by atoms with Crippen LogP contribution < -0.4 is 31.9 Å². The Morgan fingerprint density at radius 3 is 1.22 bits per heavy atom. The maximum absolute atomic E-state index is 13.4. The third-order valence-corrected chi connectivity index (χ3v) is 10.3. The number of carbonyl (C=O) groups is 4. The molecule has 6 N–H and O–H groups in total. The number of sulfone groups is 1. The molecule has 16 nitrogen and oxygen atoms in total. The fourth-order valence-corrected chi connectivity index (χ4v) is 6.46. The number of rotatable bonds is 20. The van der Waals surface area contributed by atoms with Gasteiger partial charge in [-0.2, -0.15) is 0 Å². The second-order valence-corrected chi connectivity index (χ2v) is 15.2. The number of benzene rings is 4. The van der Waals surface area contributed by atoms with Crippen LogP contribution in [0.2, 0.25) is 0 Å². The van der Waals surface area contributed by atoms with Crippen molar-refractivity contribution in [3.8, 4) is 0 Å². The number of carbonyl (C=O) groups excluding carboxylic acids is 4. The number of aryl methyl sites for hydroxylation is 2. The zero-order valence-corrected chi connectivity index (χ0v) is 34.5. The summed E-state index contributed by atoms with van der Waals surface area (Å²) in [5, 5.41) is 16.1. The van der Waals surface area contributed by atoms with Crippen molar-refractivity contribution in [3.63, 3.8) is 0 Å². The summed E-state index contributed by atoms with van der Waals surface area (Å²) in [4.78, 5) is 50.0. The van der Waals surface area contributed by atoms with Gasteiger partial charge in [-0.1, -0.05) is 38.8 Å². The van der Waals surface area contributed by atoms with Gasteiger partial charge < -0.3 is 40.2 Å². The van der Waals surface area contributed by atoms with Crippen LogP contribution in [0.25, 0.3) is 0 Å². The van der Waals surface area contributed by atoms with E-state index in [1.807, 2.05) is 0 Å². The zero-order chi connectivity index (χ0) is 42.6. The number of hydrogen-bond donors (Lipinski definition) is 6. The molecule has 0 aliphatic heterocycles. The highest BCUT2D eigenvalue weighted by molar-refractivity contribution is 7.91. The summed E-state index contributed by atoms with van der Waals surface area (Å²) in [6, 6.07) is 20.1. The monoisotopic (exact) mass is 832 g/mol. The van der Waals surface area contributed by atoms with Crippen LogP contribution in [0.4, 0.5) is 53.3 Å². The van der Waals surface area contributed by atoms with E-state index < -0.39 is 34.1 Å². The van der Waals surface area contributed by atoms with E-state index in [-0.39, 0.29) is 23.0 Å². The first-order chi connectivity index (χ1) is 28.4. The molecule has 0 bridgehead atoms. The summed E-state index contributed by atoms with van der Waals surface area (Å²) in [5.74, 6) is 0. The van der Waals surface area contributed by atoms with Crippen LogP contribution in [0.3, 0.4) is 0 Å². The van der Waals surface area contributed by atoms with Crippen molar-refractivity contribution in [1.29, 1.82) is 0 Å². The highest BCUT2D eigenvalue weighted by Crippen LogP contribution is 2.26. The molecule has 0 radical (unpaired) electrons. The van der Waals surface area contributed by atoms with Gasteiger partial charge in [0, 0.05) is 47.3 Å². The summed E-state index contributed by atoms with van der Waals surface area (Å²) in [7, 11) is -3.95. The van der Waals surface area contributed by atoms with Gasteiger partial charge in [0.15, 0.2) is 0 Å². The van der Waals surface area contributed by atoms with Crippen LogP contribution in [0.15, 0.2) is 94.7 Å². The maximum atomic E-state index is 13.4. The zero-order valence-electron chi connectivity index (χ0n) is 33.6. The highest BCUT2D eigenvalue weighted by Gasteiger charge is 2.19. The molecule has 4 aromatic carbocycles. The Balaban J connectivity index is 1.26. The molecule has 0 atom stereocenters. The minimum Gasteiger partial charge on any atom is -0.447 e. The van der Waals surface area contributed by atoms with Gasteiger partial charge in [0.25, 0.3) is 0 Å². The molecule has 316 valence electrons. The predicted octanol–water partition coefficient (Wildman–Crippen LogP) is 9.15. The summed E-state index contributed by atoms with van der Waals surface area (Å²) >= 11 is 0. The Morgan fingerprint density at radius 1 is 0.475 bits per heavy atom. The van der Waals surface area contributed by atoms with E-state index >= 15 is 0 Å². The average Bonchev–Trinajstić information content (AvgIpc) is 3.20. The molecule has 0 aliphatic carbocycles. The van der Waals surface area contributed by atoms with E-state index in [0.29, 0.717) is 60.6 Å². The minimum atomic E-state index is -3.95. The molecule has 0 saturated carbocycles. The van der Waals surface area contributed by atoms with Gasteiger partial charge in [0.2, 0.25) is 9.84 Å². The highest BCUT2D eigenvalue weighted by atomic mass is 32.2. The topological polar surface area (TPSA) is 212 Å². The van der Waals surface area contributed by atoms with Crippen LogP contribution in [-0.4, -0.2) is 72.3 Å². The van der Waals surface area contributed by atoms with E-state index in [9.17, 15) is 27.6 Å². The van der Waals surface area contributed by atoms with Gasteiger partial charge in [-0.15, -0.1) is 0 Å². The van der Waals surface area contributed by atoms with Gasteiger partial charge >= 0.3 is 24.2 Å². The first kappa shape index (κ1) is 45.5. The quantitative estimate of drug-likeness (QED) is 0.0465. The predicted molar refractivity (Wildman–Crippen MR) is 227 cm³/mol. The number of ether oxygens (including phenoxy) is 4. The largest absolute Gasteiger partial charge is 0.447 e. The lowest BCUT2D eigenvalue weighted by Crippen LogP contribution is -2.21. The van der Waals surface area contributed by atoms with Gasteiger partial charge in [0.05, 0.1) is 23.0 Å². The normalized spacial score (nSPS) is 10.9. The van der Waals surface area contributed by atoms with Gasteiger partial charge in [-0.25, -0.2) is 27.6 Å². The van der Waals surface area contributed by atoms with Crippen molar-refractivity contribution in [2.24, 2.45) is 0 Å². The molecular weight excluding hydrogens is 781 g/mol. The van der Waals surface area contributed by atoms with Crippen molar-refractivity contribution >= 4 is 68.2 Å².